The number of hydrogen-bond acceptors (Lipinski definition) is 0. The average Bonchev–Trinajstić information content (AvgIpc) is 2.75. The molecule has 0 amide bonds. The van der Waals surface area contributed by atoms with E-state index in [1.54, 1.807) is 0 Å². The molecule has 3 aromatic carbocycles. The summed E-state index contributed by atoms with van der Waals surface area (Å²) in [5, 5.41) is 5.17. The molecule has 0 aliphatic carbocycles. The molecule has 0 spiro atoms. The molecule has 0 aromatic heterocycles. The number of benzene rings is 3. The molecule has 3 rings (SSSR count). The largest absolute Gasteiger partial charge is 1.00 e. The molecular formula is C27H34BrPSi. The first kappa shape index (κ1) is 24.8. The normalized spacial score (nSPS) is 13.1. The smallest absolute Gasteiger partial charge is 0.111 e. The second kappa shape index (κ2) is 11.2. The summed E-state index contributed by atoms with van der Waals surface area (Å²) in [6.07, 6.45) is 7.05. The van der Waals surface area contributed by atoms with E-state index in [-0.39, 0.29) is 17.0 Å². The van der Waals surface area contributed by atoms with Gasteiger partial charge in [-0.15, -0.1) is 0 Å². The van der Waals surface area contributed by atoms with E-state index >= 15 is 0 Å². The molecule has 0 saturated carbocycles. The Hall–Kier alpha value is -1.47. The summed E-state index contributed by atoms with van der Waals surface area (Å²) in [6, 6.07) is 34.0. The van der Waals surface area contributed by atoms with Gasteiger partial charge in [-0.2, -0.15) is 0 Å². The van der Waals surface area contributed by atoms with Gasteiger partial charge in [-0.1, -0.05) is 93.3 Å². The van der Waals surface area contributed by atoms with Crippen molar-refractivity contribution in [1.82, 2.24) is 0 Å². The lowest BCUT2D eigenvalue weighted by molar-refractivity contribution is -0.00000606. The molecule has 1 unspecified atom stereocenters. The molecule has 0 fully saturated rings. The zero-order chi connectivity index (χ0) is 20.7. The predicted molar refractivity (Wildman–Crippen MR) is 136 cm³/mol. The lowest BCUT2D eigenvalue weighted by atomic mass is 10.3. The van der Waals surface area contributed by atoms with Gasteiger partial charge in [-0.25, -0.2) is 0 Å². The van der Waals surface area contributed by atoms with Crippen molar-refractivity contribution in [3.8, 4) is 0 Å². The number of allylic oxidation sites excluding steroid dienone is 2. The van der Waals surface area contributed by atoms with Crippen LogP contribution >= 0.6 is 7.26 Å². The van der Waals surface area contributed by atoms with Crippen molar-refractivity contribution in [3.63, 3.8) is 0 Å². The van der Waals surface area contributed by atoms with Crippen LogP contribution in [0, 0.1) is 0 Å². The number of rotatable bonds is 8. The monoisotopic (exact) mass is 496 g/mol. The van der Waals surface area contributed by atoms with Gasteiger partial charge >= 0.3 is 0 Å². The van der Waals surface area contributed by atoms with E-state index in [0.717, 1.165) is 12.8 Å². The van der Waals surface area contributed by atoms with Crippen LogP contribution in [0.1, 0.15) is 19.8 Å². The molecule has 0 N–H and O–H groups in total. The summed E-state index contributed by atoms with van der Waals surface area (Å²) in [4.78, 5) is 0. The van der Waals surface area contributed by atoms with Crippen LogP contribution in [0.3, 0.4) is 0 Å². The quantitative estimate of drug-likeness (QED) is 0.254. The van der Waals surface area contributed by atoms with Gasteiger partial charge in [-0.05, 0) is 49.2 Å². The van der Waals surface area contributed by atoms with Gasteiger partial charge in [0.2, 0.25) is 0 Å². The summed E-state index contributed by atoms with van der Waals surface area (Å²) >= 11 is 0. The molecule has 1 atom stereocenters. The highest BCUT2D eigenvalue weighted by Gasteiger charge is 2.56. The molecule has 0 nitrogen and oxygen atoms in total. The maximum absolute atomic E-state index is 2.56. The van der Waals surface area contributed by atoms with E-state index in [2.05, 4.69) is 130 Å². The Labute approximate surface area is 195 Å². The first-order valence-electron chi connectivity index (χ1n) is 10.7. The van der Waals surface area contributed by atoms with Crippen molar-refractivity contribution in [2.75, 3.05) is 0 Å². The highest BCUT2D eigenvalue weighted by atomic mass is 79.9. The van der Waals surface area contributed by atoms with Gasteiger partial charge in [0.15, 0.2) is 0 Å². The minimum absolute atomic E-state index is 0. The van der Waals surface area contributed by atoms with Crippen LogP contribution in [0.2, 0.25) is 19.6 Å². The lowest BCUT2D eigenvalue weighted by Crippen LogP contribution is -3.00. The predicted octanol–water partition coefficient (Wildman–Crippen LogP) is 3.59. The Morgan fingerprint density at radius 2 is 1.03 bits per heavy atom. The van der Waals surface area contributed by atoms with Gasteiger partial charge in [0.25, 0.3) is 0 Å². The zero-order valence-electron chi connectivity index (χ0n) is 18.6. The van der Waals surface area contributed by atoms with Crippen LogP contribution in [0.5, 0.6) is 0 Å². The summed E-state index contributed by atoms with van der Waals surface area (Å²) in [6.45, 7) is 9.90. The molecule has 0 heterocycles. The fraction of sp³-hybridized carbons (Fsp3) is 0.259. The molecule has 0 aliphatic rings. The Kier molecular flexibility index (Phi) is 9.28. The Balaban J connectivity index is 0.00000320. The lowest BCUT2D eigenvalue weighted by Gasteiger charge is -2.40. The van der Waals surface area contributed by atoms with Crippen LogP contribution in [0.4, 0.5) is 0 Å². The Morgan fingerprint density at radius 3 is 1.33 bits per heavy atom. The molecule has 3 aromatic rings. The SMILES string of the molecule is CC/C=C/CC([Si](C)(C)C)[P+](c1ccccc1)(c1ccccc1)c1ccccc1.[Br-]. The first-order valence-corrected chi connectivity index (χ1v) is 16.2. The van der Waals surface area contributed by atoms with Gasteiger partial charge in [-0.3, -0.25) is 0 Å². The molecule has 158 valence electrons. The van der Waals surface area contributed by atoms with E-state index in [4.69, 9.17) is 0 Å². The molecule has 0 bridgehead atoms. The van der Waals surface area contributed by atoms with Gasteiger partial charge in [0.05, 0.1) is 13.4 Å². The standard InChI is InChI=1S/C27H34PSi.BrH/c1-5-6-10-23-27(29(2,3)4)28(24-17-11-7-12-18-24,25-19-13-8-14-20-25)26-21-15-9-16-22-26;/h6-22,27H,5,23H2,1-4H3;1H/q+1;/p-1/b10-6+;. The number of halogens is 1. The Morgan fingerprint density at radius 1 is 0.667 bits per heavy atom. The van der Waals surface area contributed by atoms with Crippen molar-refractivity contribution >= 4 is 31.2 Å². The minimum atomic E-state index is -1.81. The van der Waals surface area contributed by atoms with Gasteiger partial charge < -0.3 is 17.0 Å². The highest BCUT2D eigenvalue weighted by Crippen LogP contribution is 2.63. The fourth-order valence-corrected chi connectivity index (χ4v) is 15.6. The van der Waals surface area contributed by atoms with Crippen molar-refractivity contribution < 1.29 is 17.0 Å². The highest BCUT2D eigenvalue weighted by molar-refractivity contribution is 7.97. The van der Waals surface area contributed by atoms with Crippen molar-refractivity contribution in [2.24, 2.45) is 0 Å². The van der Waals surface area contributed by atoms with E-state index in [1.807, 2.05) is 0 Å². The third kappa shape index (κ3) is 5.22. The average molecular weight is 498 g/mol. The van der Waals surface area contributed by atoms with Gasteiger partial charge in [0.1, 0.15) is 23.2 Å². The van der Waals surface area contributed by atoms with Crippen molar-refractivity contribution in [2.45, 2.75) is 44.7 Å². The van der Waals surface area contributed by atoms with Crippen LogP contribution < -0.4 is 32.9 Å². The third-order valence-corrected chi connectivity index (χ3v) is 15.9. The van der Waals surface area contributed by atoms with Crippen LogP contribution in [0.25, 0.3) is 0 Å². The van der Waals surface area contributed by atoms with Crippen LogP contribution in [0.15, 0.2) is 103 Å². The second-order valence-electron chi connectivity index (χ2n) is 8.73. The Bertz CT molecular complexity index is 805. The molecule has 0 aliphatic heterocycles. The van der Waals surface area contributed by atoms with E-state index in [1.165, 1.54) is 15.9 Å². The fourth-order valence-electron chi connectivity index (χ4n) is 4.46. The first-order chi connectivity index (χ1) is 14.0. The minimum Gasteiger partial charge on any atom is -1.00 e. The molecule has 3 heteroatoms. The molecular weight excluding hydrogens is 463 g/mol. The van der Waals surface area contributed by atoms with Crippen LogP contribution in [-0.4, -0.2) is 13.4 Å². The van der Waals surface area contributed by atoms with Crippen molar-refractivity contribution in [3.05, 3.63) is 103 Å². The summed E-state index contributed by atoms with van der Waals surface area (Å²) in [5.41, 5.74) is 0. The summed E-state index contributed by atoms with van der Waals surface area (Å²) < 4.78 is 0. The van der Waals surface area contributed by atoms with Crippen LogP contribution in [-0.2, 0) is 0 Å². The van der Waals surface area contributed by atoms with E-state index < -0.39 is 15.3 Å². The summed E-state index contributed by atoms with van der Waals surface area (Å²) in [7, 11) is -3.34. The van der Waals surface area contributed by atoms with Gasteiger partial charge in [0, 0.05) is 0 Å². The third-order valence-electron chi connectivity index (χ3n) is 5.72. The van der Waals surface area contributed by atoms with E-state index in [9.17, 15) is 0 Å². The maximum Gasteiger partial charge on any atom is 0.111 e. The molecule has 0 saturated heterocycles. The van der Waals surface area contributed by atoms with Crippen molar-refractivity contribution in [1.29, 1.82) is 0 Å². The molecule has 0 radical (unpaired) electrons. The molecule has 30 heavy (non-hydrogen) atoms. The summed E-state index contributed by atoms with van der Waals surface area (Å²) in [5.74, 6) is 0. The number of hydrogen-bond donors (Lipinski definition) is 0. The maximum atomic E-state index is 2.56. The zero-order valence-corrected chi connectivity index (χ0v) is 22.1. The topological polar surface area (TPSA) is 0 Å². The second-order valence-corrected chi connectivity index (χ2v) is 18.3. The van der Waals surface area contributed by atoms with E-state index in [0.29, 0.717) is 5.28 Å².